The van der Waals surface area contributed by atoms with Crippen LogP contribution in [-0.2, 0) is 4.43 Å². The number of halogens is 1. The fourth-order valence-corrected chi connectivity index (χ4v) is 1.65. The Hall–Kier alpha value is 0.0469. The van der Waals surface area contributed by atoms with Gasteiger partial charge in [0.25, 0.3) is 0 Å². The summed E-state index contributed by atoms with van der Waals surface area (Å²) < 4.78 is 5.45. The van der Waals surface area contributed by atoms with Crippen molar-refractivity contribution < 1.29 is 4.43 Å². The molecule has 0 radical (unpaired) electrons. The summed E-state index contributed by atoms with van der Waals surface area (Å²) in [5, 5.41) is 0. The van der Waals surface area contributed by atoms with Crippen molar-refractivity contribution in [1.29, 1.82) is 0 Å². The Morgan fingerprint density at radius 1 is 1.44 bits per heavy atom. The average Bonchev–Trinajstić information content (AvgIpc) is 1.62. The molecule has 3 heteroatoms. The van der Waals surface area contributed by atoms with Gasteiger partial charge in [-0.25, -0.2) is 0 Å². The Bertz CT molecular complexity index is 115. The zero-order chi connectivity index (χ0) is 7.49. The molecule has 0 heterocycles. The third kappa shape index (κ3) is 5.93. The zero-order valence-corrected chi connectivity index (χ0v) is 8.12. The molecule has 0 aliphatic rings. The highest BCUT2D eigenvalue weighted by molar-refractivity contribution is 6.70. The summed E-state index contributed by atoms with van der Waals surface area (Å²) in [6, 6.07) is 0. The highest BCUT2D eigenvalue weighted by atomic mass is 35.5. The van der Waals surface area contributed by atoms with E-state index in [1.165, 1.54) is 5.54 Å². The molecule has 0 bridgehead atoms. The van der Waals surface area contributed by atoms with Crippen LogP contribution in [0.4, 0.5) is 0 Å². The minimum Gasteiger partial charge on any atom is -0.547 e. The van der Waals surface area contributed by atoms with Crippen LogP contribution in [0.3, 0.4) is 0 Å². The second-order valence-electron chi connectivity index (χ2n) is 2.93. The van der Waals surface area contributed by atoms with Crippen molar-refractivity contribution in [2.45, 2.75) is 26.6 Å². The molecule has 0 fully saturated rings. The summed E-state index contributed by atoms with van der Waals surface area (Å²) >= 11 is 5.39. The maximum Gasteiger partial charge on any atom is 0.241 e. The lowest BCUT2D eigenvalue weighted by Gasteiger charge is -2.18. The second-order valence-corrected chi connectivity index (χ2v) is 7.58. The van der Waals surface area contributed by atoms with Gasteiger partial charge in [0, 0.05) is 5.54 Å². The molecule has 0 aromatic heterocycles. The smallest absolute Gasteiger partial charge is 0.241 e. The third-order valence-corrected chi connectivity index (χ3v) is 1.86. The summed E-state index contributed by atoms with van der Waals surface area (Å²) in [6.07, 6.45) is 0. The van der Waals surface area contributed by atoms with Gasteiger partial charge in [0.05, 0.1) is 5.76 Å². The normalized spacial score (nSPS) is 13.7. The molecule has 1 nitrogen and oxygen atoms in total. The average molecular weight is 165 g/mol. The Morgan fingerprint density at radius 3 is 2.00 bits per heavy atom. The van der Waals surface area contributed by atoms with Crippen LogP contribution in [0.5, 0.6) is 0 Å². The SMILES string of the molecule is C/C(=C\Cl)O[Si](C)(C)C. The molecule has 0 aliphatic carbocycles. The molecule has 0 spiro atoms. The maximum atomic E-state index is 5.45. The van der Waals surface area contributed by atoms with Crippen LogP contribution < -0.4 is 0 Å². The van der Waals surface area contributed by atoms with Gasteiger partial charge < -0.3 is 4.43 Å². The van der Waals surface area contributed by atoms with Gasteiger partial charge >= 0.3 is 0 Å². The van der Waals surface area contributed by atoms with Gasteiger partial charge in [-0.3, -0.25) is 0 Å². The summed E-state index contributed by atoms with van der Waals surface area (Å²) in [6.45, 7) is 8.23. The molecule has 9 heavy (non-hydrogen) atoms. The monoisotopic (exact) mass is 164 g/mol. The first kappa shape index (κ1) is 9.05. The summed E-state index contributed by atoms with van der Waals surface area (Å²) in [7, 11) is -1.39. The van der Waals surface area contributed by atoms with Crippen LogP contribution in [0.2, 0.25) is 19.6 Å². The van der Waals surface area contributed by atoms with Crippen molar-refractivity contribution in [3.05, 3.63) is 11.3 Å². The highest BCUT2D eigenvalue weighted by Crippen LogP contribution is 2.09. The molecule has 0 atom stereocenters. The first-order chi connectivity index (χ1) is 3.95. The van der Waals surface area contributed by atoms with E-state index in [0.717, 1.165) is 5.76 Å². The van der Waals surface area contributed by atoms with Crippen molar-refractivity contribution >= 4 is 19.9 Å². The molecular weight excluding hydrogens is 152 g/mol. The van der Waals surface area contributed by atoms with E-state index in [0.29, 0.717) is 0 Å². The Labute approximate surface area is 62.8 Å². The number of allylic oxidation sites excluding steroid dienone is 1. The van der Waals surface area contributed by atoms with Crippen molar-refractivity contribution in [2.24, 2.45) is 0 Å². The molecule has 54 valence electrons. The van der Waals surface area contributed by atoms with Gasteiger partial charge in [0.2, 0.25) is 8.32 Å². The van der Waals surface area contributed by atoms with Crippen LogP contribution in [0.15, 0.2) is 11.3 Å². The van der Waals surface area contributed by atoms with E-state index in [4.69, 9.17) is 16.0 Å². The van der Waals surface area contributed by atoms with E-state index in [1.807, 2.05) is 6.92 Å². The lowest BCUT2D eigenvalue weighted by atomic mass is 10.7. The third-order valence-electron chi connectivity index (χ3n) is 0.621. The molecule has 0 N–H and O–H groups in total. The zero-order valence-electron chi connectivity index (χ0n) is 6.36. The van der Waals surface area contributed by atoms with Gasteiger partial charge in [-0.15, -0.1) is 0 Å². The molecule has 0 aromatic rings. The highest BCUT2D eigenvalue weighted by Gasteiger charge is 2.15. The number of hydrogen-bond donors (Lipinski definition) is 0. The Morgan fingerprint density at radius 2 is 1.89 bits per heavy atom. The minimum absolute atomic E-state index is 0.816. The summed E-state index contributed by atoms with van der Waals surface area (Å²) in [5.74, 6) is 0.816. The predicted molar refractivity (Wildman–Crippen MR) is 44.0 cm³/mol. The van der Waals surface area contributed by atoms with E-state index in [2.05, 4.69) is 19.6 Å². The Kier molecular flexibility index (Phi) is 3.29. The van der Waals surface area contributed by atoms with Crippen LogP contribution >= 0.6 is 11.6 Å². The van der Waals surface area contributed by atoms with E-state index in [1.54, 1.807) is 0 Å². The van der Waals surface area contributed by atoms with Crippen LogP contribution in [0, 0.1) is 0 Å². The van der Waals surface area contributed by atoms with E-state index < -0.39 is 8.32 Å². The standard InChI is InChI=1S/C6H13ClOSi/c1-6(5-7)8-9(2,3)4/h5H,1-4H3/b6-5+. The fourth-order valence-electron chi connectivity index (χ4n) is 0.505. The van der Waals surface area contributed by atoms with Gasteiger partial charge in [-0.05, 0) is 26.6 Å². The molecule has 0 unspecified atom stereocenters. The molecule has 0 rings (SSSR count). The van der Waals surface area contributed by atoms with Gasteiger partial charge in [0.1, 0.15) is 0 Å². The molecule has 0 amide bonds. The van der Waals surface area contributed by atoms with Crippen molar-refractivity contribution in [1.82, 2.24) is 0 Å². The van der Waals surface area contributed by atoms with Gasteiger partial charge in [0.15, 0.2) is 0 Å². The lowest BCUT2D eigenvalue weighted by Crippen LogP contribution is -2.23. The van der Waals surface area contributed by atoms with E-state index in [9.17, 15) is 0 Å². The lowest BCUT2D eigenvalue weighted by molar-refractivity contribution is 0.426. The van der Waals surface area contributed by atoms with Gasteiger partial charge in [-0.1, -0.05) is 11.6 Å². The minimum atomic E-state index is -1.39. The fraction of sp³-hybridized carbons (Fsp3) is 0.667. The quantitative estimate of drug-likeness (QED) is 0.451. The van der Waals surface area contributed by atoms with Crippen molar-refractivity contribution in [3.63, 3.8) is 0 Å². The van der Waals surface area contributed by atoms with Crippen LogP contribution in [-0.4, -0.2) is 8.32 Å². The summed E-state index contributed by atoms with van der Waals surface area (Å²) in [5.41, 5.74) is 1.47. The van der Waals surface area contributed by atoms with Crippen molar-refractivity contribution in [2.75, 3.05) is 0 Å². The topological polar surface area (TPSA) is 9.23 Å². The van der Waals surface area contributed by atoms with Crippen molar-refractivity contribution in [3.8, 4) is 0 Å². The van der Waals surface area contributed by atoms with E-state index >= 15 is 0 Å². The van der Waals surface area contributed by atoms with Crippen LogP contribution in [0.1, 0.15) is 6.92 Å². The molecule has 0 aliphatic heterocycles. The predicted octanol–water partition coefficient (Wildman–Crippen LogP) is 2.94. The maximum absolute atomic E-state index is 5.45. The van der Waals surface area contributed by atoms with E-state index in [-0.39, 0.29) is 0 Å². The second kappa shape index (κ2) is 3.27. The molecule has 0 saturated carbocycles. The number of rotatable bonds is 2. The largest absolute Gasteiger partial charge is 0.547 e. The number of hydrogen-bond acceptors (Lipinski definition) is 1. The Balaban J connectivity index is 3.75. The first-order valence-corrected chi connectivity index (χ1v) is 6.76. The summed E-state index contributed by atoms with van der Waals surface area (Å²) in [4.78, 5) is 0. The van der Waals surface area contributed by atoms with Crippen LogP contribution in [0.25, 0.3) is 0 Å². The molecular formula is C6H13ClOSi. The molecule has 0 saturated heterocycles. The first-order valence-electron chi connectivity index (χ1n) is 2.92. The van der Waals surface area contributed by atoms with Gasteiger partial charge in [-0.2, -0.15) is 0 Å². The molecule has 0 aromatic carbocycles.